The Kier molecular flexibility index (Phi) is 18.1. The highest BCUT2D eigenvalue weighted by atomic mass is 16.8. The first-order valence-electron chi connectivity index (χ1n) is 31.2. The van der Waals surface area contributed by atoms with Gasteiger partial charge in [-0.25, -0.2) is 38.4 Å². The molecule has 8 aromatic carbocycles. The first kappa shape index (κ1) is 74.8. The van der Waals surface area contributed by atoms with Crippen LogP contribution >= 0.6 is 0 Å². The predicted molar refractivity (Wildman–Crippen MR) is 344 cm³/mol. The van der Waals surface area contributed by atoms with E-state index >= 15 is 9.59 Å². The Morgan fingerprint density at radius 3 is 1.08 bits per heavy atom. The molecule has 8 aromatic rings. The second-order valence-electron chi connectivity index (χ2n) is 24.5. The molecule has 5 aliphatic heterocycles. The SMILES string of the molecule is O=C(O[C@@H]1O[C@@H]2COC(=O)c3cc(O)c(O)c(O)c3-c3c(O)c(O)c(O)c(Oc4cc(C(=O)O[C@@H]5O[C@@H](CO)[C@H](O)[C@H]6OC(=O)c7cc(O)c(O)c(O)c7-c7c(cc(O)c(O)c7O)C(=O)O[C@@H]56)cc(O)c4O)c3C(=O)O[C@@H]2[C@H]2OC(=O)c3cc(O)c(O)c(O)c3-c3c(cc(O)c(O)c3O)C(=O)O[C@@H]12)c1cc(O)c(O)c(O)c1. The van der Waals surface area contributed by atoms with E-state index in [0.29, 0.717) is 36.4 Å². The van der Waals surface area contributed by atoms with Gasteiger partial charge in [0.05, 0.1) is 51.1 Å². The lowest BCUT2D eigenvalue weighted by Crippen LogP contribution is -2.63. The molecule has 0 bridgehead atoms. The summed E-state index contributed by atoms with van der Waals surface area (Å²) in [5.41, 5.74) is -17.9. The Balaban J connectivity index is 0.950. The van der Waals surface area contributed by atoms with Gasteiger partial charge in [-0.2, -0.15) is 0 Å². The summed E-state index contributed by atoms with van der Waals surface area (Å²) in [6, 6.07) is 3.07. The fraction of sp³-hybridized carbons (Fsp3) is 0.176. The van der Waals surface area contributed by atoms with Gasteiger partial charge in [-0.1, -0.05) is 0 Å². The highest BCUT2D eigenvalue weighted by Crippen LogP contribution is 2.60. The zero-order chi connectivity index (χ0) is 81.5. The molecule has 2 fully saturated rings. The van der Waals surface area contributed by atoms with Gasteiger partial charge >= 0.3 is 47.8 Å². The zero-order valence-electron chi connectivity index (χ0n) is 54.8. The van der Waals surface area contributed by atoms with Crippen molar-refractivity contribution in [2.24, 2.45) is 0 Å². The minimum absolute atomic E-state index is 0.246. The third-order valence-electron chi connectivity index (χ3n) is 17.9. The molecule has 0 aromatic heterocycles. The van der Waals surface area contributed by atoms with Crippen LogP contribution in [0.4, 0.5) is 0 Å². The maximum atomic E-state index is 15.9. The van der Waals surface area contributed by atoms with Crippen LogP contribution in [-0.4, -0.2) is 250 Å². The standard InChI is InChI=1S/C68H48O44/c69-10-28-44(85)55-57(109-64(99)17-8-25(76)41(82)47(88)32(17)30-15(62(97)107-55)6-23(74)39(80)45(30)86)67(104-28)112-60(95)13-3-21(72)38(79)27(4-13)103-54-36-35(50(91)51(92)52(54)93)34-14(5-22(73)43(84)49(34)90)61(96)102-11-29-53(106-66(36)101)56-58(68(105-29)111-59(94)12-1-19(70)37(78)20(71)2-12)110-65(100)18-9-26(77)42(83)48(89)33(18)31-16(63(98)108-56)7-24(75)40(81)46(31)87/h1-9,28-29,44,53,55-58,67-93H,10-11H2/t28-,29+,44-,53-,55+,56+,57+,58+,67-,68-/m0/s1. The number of esters is 8. The molecular weight excluding hydrogens is 1520 g/mol. The summed E-state index contributed by atoms with van der Waals surface area (Å²) in [5.74, 6) is -54.1. The van der Waals surface area contributed by atoms with Crippen molar-refractivity contribution < 1.29 is 218 Å². The Bertz CT molecular complexity index is 5480. The first-order valence-corrected chi connectivity index (χ1v) is 31.2. The van der Waals surface area contributed by atoms with Crippen LogP contribution in [-0.2, 0) is 47.4 Å². The van der Waals surface area contributed by atoms with Gasteiger partial charge in [-0.05, 0) is 54.6 Å². The monoisotopic (exact) mass is 1570 g/mol. The number of aliphatic hydroxyl groups excluding tert-OH is 2. The summed E-state index contributed by atoms with van der Waals surface area (Å²) >= 11 is 0. The van der Waals surface area contributed by atoms with Crippen molar-refractivity contribution in [3.63, 3.8) is 0 Å². The molecule has 0 saturated carbocycles. The molecule has 112 heavy (non-hydrogen) atoms. The van der Waals surface area contributed by atoms with Gasteiger partial charge in [-0.3, -0.25) is 0 Å². The lowest BCUT2D eigenvalue weighted by Gasteiger charge is -2.44. The Labute approximate surface area is 614 Å². The second-order valence-corrected chi connectivity index (χ2v) is 24.5. The van der Waals surface area contributed by atoms with Crippen molar-refractivity contribution in [1.29, 1.82) is 0 Å². The summed E-state index contributed by atoms with van der Waals surface area (Å²) in [4.78, 5) is 118. The Morgan fingerprint density at radius 2 is 0.661 bits per heavy atom. The number of rotatable bonds is 7. The van der Waals surface area contributed by atoms with E-state index in [9.17, 15) is 156 Å². The van der Waals surface area contributed by atoms with Crippen LogP contribution in [0.15, 0.2) is 54.6 Å². The highest BCUT2D eigenvalue weighted by Gasteiger charge is 2.58. The van der Waals surface area contributed by atoms with E-state index in [4.69, 9.17) is 52.1 Å². The lowest BCUT2D eigenvalue weighted by atomic mass is 9.90. The van der Waals surface area contributed by atoms with Gasteiger partial charge in [0.1, 0.15) is 30.5 Å². The number of carbonyl (C=O) groups excluding carboxylic acids is 8. The van der Waals surface area contributed by atoms with E-state index in [0.717, 1.165) is 0 Å². The van der Waals surface area contributed by atoms with E-state index in [1.165, 1.54) is 0 Å². The first-order chi connectivity index (χ1) is 52.8. The molecule has 0 unspecified atom stereocenters. The number of aromatic hydroxyl groups is 23. The third-order valence-corrected chi connectivity index (χ3v) is 17.9. The van der Waals surface area contributed by atoms with Crippen LogP contribution in [0, 0.1) is 0 Å². The number of aliphatic hydroxyl groups is 2. The Hall–Kier alpha value is -15.4. The molecule has 2 saturated heterocycles. The normalized spacial score (nSPS) is 21.2. The Morgan fingerprint density at radius 1 is 0.330 bits per heavy atom. The molecule has 13 rings (SSSR count). The number of hydrogen-bond donors (Lipinski definition) is 25. The van der Waals surface area contributed by atoms with Crippen molar-refractivity contribution in [2.45, 2.75) is 61.4 Å². The summed E-state index contributed by atoms with van der Waals surface area (Å²) in [7, 11) is 0. The number of phenolic OH excluding ortho intramolecular Hbond substituents is 23. The molecule has 0 amide bonds. The number of fused-ring (bicyclic) bond motifs is 13. The van der Waals surface area contributed by atoms with E-state index < -0.39 is 344 Å². The smallest absolute Gasteiger partial charge is 0.343 e. The number of benzene rings is 8. The van der Waals surface area contributed by atoms with Crippen LogP contribution in [0.25, 0.3) is 33.4 Å². The highest BCUT2D eigenvalue weighted by molar-refractivity contribution is 6.13. The molecular formula is C68H48O44. The minimum atomic E-state index is -2.90. The van der Waals surface area contributed by atoms with Crippen LogP contribution in [0.2, 0.25) is 0 Å². The van der Waals surface area contributed by atoms with Crippen LogP contribution in [0.3, 0.4) is 0 Å². The minimum Gasteiger partial charge on any atom is -0.504 e. The van der Waals surface area contributed by atoms with Crippen molar-refractivity contribution in [3.8, 4) is 177 Å². The van der Waals surface area contributed by atoms with Crippen LogP contribution in [0.5, 0.6) is 144 Å². The van der Waals surface area contributed by atoms with Gasteiger partial charge in [0.25, 0.3) is 0 Å². The maximum absolute atomic E-state index is 15.9. The van der Waals surface area contributed by atoms with Crippen molar-refractivity contribution in [3.05, 3.63) is 99.1 Å². The van der Waals surface area contributed by atoms with Gasteiger partial charge < -0.3 is 180 Å². The number of hydrogen-bond acceptors (Lipinski definition) is 44. The zero-order valence-corrected chi connectivity index (χ0v) is 54.8. The molecule has 44 nitrogen and oxygen atoms in total. The largest absolute Gasteiger partial charge is 0.504 e. The quantitative estimate of drug-likeness (QED) is 0.0614. The van der Waals surface area contributed by atoms with Crippen LogP contribution < -0.4 is 4.74 Å². The molecule has 0 aliphatic carbocycles. The second kappa shape index (κ2) is 27.1. The molecule has 44 heteroatoms. The molecule has 10 atom stereocenters. The summed E-state index contributed by atoms with van der Waals surface area (Å²) in [6.07, 6.45) is -26.2. The van der Waals surface area contributed by atoms with Crippen molar-refractivity contribution in [1.82, 2.24) is 0 Å². The molecule has 0 spiro atoms. The number of carbonyl (C=O) groups is 8. The number of phenols is 23. The number of ether oxygens (including phenoxy) is 11. The van der Waals surface area contributed by atoms with E-state index in [-0.39, 0.29) is 18.2 Å². The summed E-state index contributed by atoms with van der Waals surface area (Å²) < 4.78 is 62.1. The van der Waals surface area contributed by atoms with Crippen LogP contribution in [0.1, 0.15) is 82.9 Å². The average molecular weight is 1570 g/mol. The third kappa shape index (κ3) is 11.9. The average Bonchev–Trinajstić information content (AvgIpc) is 1.10. The van der Waals surface area contributed by atoms with Crippen molar-refractivity contribution in [2.75, 3.05) is 13.2 Å². The molecule has 584 valence electrons. The molecule has 5 heterocycles. The van der Waals surface area contributed by atoms with Gasteiger partial charge in [0, 0.05) is 27.8 Å². The van der Waals surface area contributed by atoms with Gasteiger partial charge in [0.2, 0.25) is 70.8 Å². The van der Waals surface area contributed by atoms with E-state index in [1.807, 2.05) is 0 Å². The van der Waals surface area contributed by atoms with Gasteiger partial charge in [0.15, 0.2) is 116 Å². The fourth-order valence-electron chi connectivity index (χ4n) is 12.6. The molecule has 5 aliphatic rings. The van der Waals surface area contributed by atoms with E-state index in [1.54, 1.807) is 0 Å². The maximum Gasteiger partial charge on any atom is 0.343 e. The van der Waals surface area contributed by atoms with Gasteiger partial charge in [-0.15, -0.1) is 0 Å². The summed E-state index contributed by atoms with van der Waals surface area (Å²) in [5, 5.41) is 275. The lowest BCUT2D eigenvalue weighted by molar-refractivity contribution is -0.283. The predicted octanol–water partition coefficient (Wildman–Crippen LogP) is 1.75. The molecule has 0 radical (unpaired) electrons. The number of cyclic esters (lactones) is 1. The van der Waals surface area contributed by atoms with Crippen molar-refractivity contribution >= 4 is 47.8 Å². The fourth-order valence-corrected chi connectivity index (χ4v) is 12.6. The molecule has 25 N–H and O–H groups in total. The summed E-state index contributed by atoms with van der Waals surface area (Å²) in [6.45, 7) is -2.87. The topological polar surface area (TPSA) is 744 Å². The van der Waals surface area contributed by atoms with E-state index in [2.05, 4.69) is 0 Å².